The van der Waals surface area contributed by atoms with Crippen LogP contribution in [0.2, 0.25) is 0 Å². The predicted octanol–water partition coefficient (Wildman–Crippen LogP) is -1.22. The molecule has 0 aromatic rings. The summed E-state index contributed by atoms with van der Waals surface area (Å²) >= 11 is 0. The normalized spacial score (nSPS) is 14.9. The second-order valence-electron chi connectivity index (χ2n) is 4.15. The van der Waals surface area contributed by atoms with Crippen molar-refractivity contribution in [2.75, 3.05) is 19.8 Å². The van der Waals surface area contributed by atoms with Crippen LogP contribution in [0.5, 0.6) is 0 Å². The van der Waals surface area contributed by atoms with Crippen molar-refractivity contribution in [1.29, 1.82) is 0 Å². The summed E-state index contributed by atoms with van der Waals surface area (Å²) in [6.45, 7) is 1.45. The lowest BCUT2D eigenvalue weighted by molar-refractivity contribution is -0.149. The molecule has 0 fully saturated rings. The fraction of sp³-hybridized carbons (Fsp3) is 0.818. The number of rotatable bonds is 9. The van der Waals surface area contributed by atoms with Crippen LogP contribution in [0, 0.1) is 0 Å². The fourth-order valence-corrected chi connectivity index (χ4v) is 1.21. The first kappa shape index (κ1) is 17.8. The van der Waals surface area contributed by atoms with Gasteiger partial charge in [0.2, 0.25) is 0 Å². The number of aliphatic hydroxyl groups is 2. The predicted molar refractivity (Wildman–Crippen MR) is 68.8 cm³/mol. The molecule has 0 rings (SSSR count). The molecule has 0 aliphatic carbocycles. The fourth-order valence-electron chi connectivity index (χ4n) is 1.21. The molecule has 0 bridgehead atoms. The average Bonchev–Trinajstić information content (AvgIpc) is 2.43. The van der Waals surface area contributed by atoms with Crippen molar-refractivity contribution in [2.45, 2.75) is 38.3 Å². The molecule has 0 aromatic heterocycles. The van der Waals surface area contributed by atoms with E-state index in [2.05, 4.69) is 4.99 Å². The van der Waals surface area contributed by atoms with Crippen molar-refractivity contribution in [3.8, 4) is 0 Å². The Bertz CT molecular complexity index is 286. The average molecular weight is 277 g/mol. The Labute approximate surface area is 112 Å². The highest BCUT2D eigenvalue weighted by molar-refractivity contribution is 5.78. The van der Waals surface area contributed by atoms with Gasteiger partial charge in [0.25, 0.3) is 0 Å². The smallest absolute Gasteiger partial charge is 0.322 e. The number of nitrogens with zero attached hydrogens (tertiary/aromatic N) is 1. The largest absolute Gasteiger partial charge is 0.462 e. The van der Waals surface area contributed by atoms with Crippen LogP contribution in [-0.2, 0) is 9.53 Å². The molecule has 8 heteroatoms. The number of aliphatic hydroxyl groups excluding tert-OH is 2. The van der Waals surface area contributed by atoms with Crippen molar-refractivity contribution in [3.63, 3.8) is 0 Å². The third-order valence-corrected chi connectivity index (χ3v) is 2.37. The van der Waals surface area contributed by atoms with Crippen molar-refractivity contribution in [2.24, 2.45) is 10.7 Å². The van der Waals surface area contributed by atoms with Gasteiger partial charge in [-0.2, -0.15) is 0 Å². The van der Waals surface area contributed by atoms with Crippen LogP contribution in [0.3, 0.4) is 0 Å². The maximum atomic E-state index is 11.4. The first-order valence-electron chi connectivity index (χ1n) is 6.13. The number of carbonyl (C=O) groups is 1. The van der Waals surface area contributed by atoms with Crippen LogP contribution in [0.25, 0.3) is 0 Å². The number of unbranched alkanes of at least 4 members (excludes halogenated alkanes) is 1. The highest BCUT2D eigenvalue weighted by Crippen LogP contribution is 2.02. The number of carbonyl (C=O) groups excluding carboxylic acids is 1. The van der Waals surface area contributed by atoms with Crippen molar-refractivity contribution in [3.05, 3.63) is 0 Å². The van der Waals surface area contributed by atoms with Crippen molar-refractivity contribution >= 4 is 11.8 Å². The molecular formula is C11H23N3O5. The zero-order valence-corrected chi connectivity index (χ0v) is 11.1. The van der Waals surface area contributed by atoms with E-state index in [-0.39, 0.29) is 6.61 Å². The van der Waals surface area contributed by atoms with E-state index in [1.807, 2.05) is 5.48 Å². The van der Waals surface area contributed by atoms with Gasteiger partial charge in [-0.25, -0.2) is 0 Å². The van der Waals surface area contributed by atoms with Gasteiger partial charge in [0.05, 0.1) is 6.61 Å². The molecule has 112 valence electrons. The molecule has 19 heavy (non-hydrogen) atoms. The summed E-state index contributed by atoms with van der Waals surface area (Å²) in [5.74, 6) is -0.161. The Balaban J connectivity index is 3.68. The zero-order valence-electron chi connectivity index (χ0n) is 11.1. The van der Waals surface area contributed by atoms with E-state index in [1.165, 1.54) is 0 Å². The molecule has 0 aromatic carbocycles. The van der Waals surface area contributed by atoms with Gasteiger partial charge in [0, 0.05) is 6.54 Å². The number of ether oxygens (including phenoxy) is 1. The van der Waals surface area contributed by atoms with E-state index in [9.17, 15) is 4.79 Å². The maximum absolute atomic E-state index is 11.4. The lowest BCUT2D eigenvalue weighted by atomic mass is 10.1. The molecule has 1 unspecified atom stereocenters. The van der Waals surface area contributed by atoms with Gasteiger partial charge in [0.1, 0.15) is 24.6 Å². The third-order valence-electron chi connectivity index (χ3n) is 2.37. The van der Waals surface area contributed by atoms with E-state index in [4.69, 9.17) is 25.9 Å². The lowest BCUT2D eigenvalue weighted by Crippen LogP contribution is -2.34. The van der Waals surface area contributed by atoms with Crippen LogP contribution in [-0.4, -0.2) is 59.1 Å². The van der Waals surface area contributed by atoms with Crippen LogP contribution < -0.4 is 11.2 Å². The van der Waals surface area contributed by atoms with Crippen molar-refractivity contribution in [1.82, 2.24) is 5.48 Å². The lowest BCUT2D eigenvalue weighted by Gasteiger charge is -2.13. The van der Waals surface area contributed by atoms with E-state index < -0.39 is 24.7 Å². The summed E-state index contributed by atoms with van der Waals surface area (Å²) in [7, 11) is 0. The van der Waals surface area contributed by atoms with E-state index >= 15 is 0 Å². The van der Waals surface area contributed by atoms with Gasteiger partial charge >= 0.3 is 5.97 Å². The Hall–Kier alpha value is -1.22. The maximum Gasteiger partial charge on any atom is 0.322 e. The first-order valence-corrected chi connectivity index (χ1v) is 6.13. The number of nitrogens with one attached hydrogen (secondary N) is 1. The van der Waals surface area contributed by atoms with Gasteiger partial charge in [-0.3, -0.25) is 20.5 Å². The second kappa shape index (κ2) is 10.7. The van der Waals surface area contributed by atoms with Gasteiger partial charge in [-0.05, 0) is 26.2 Å². The van der Waals surface area contributed by atoms with Crippen LogP contribution in [0.1, 0.15) is 26.2 Å². The monoisotopic (exact) mass is 277 g/mol. The minimum Gasteiger partial charge on any atom is -0.462 e. The number of esters is 1. The first-order chi connectivity index (χ1) is 9.01. The van der Waals surface area contributed by atoms with Gasteiger partial charge in [-0.15, -0.1) is 0 Å². The third kappa shape index (κ3) is 9.37. The number of hydrogen-bond donors (Lipinski definition) is 5. The van der Waals surface area contributed by atoms with Crippen LogP contribution in [0.4, 0.5) is 0 Å². The van der Waals surface area contributed by atoms with Gasteiger partial charge in [0.15, 0.2) is 0 Å². The molecule has 0 spiro atoms. The Morgan fingerprint density at radius 3 is 2.74 bits per heavy atom. The molecule has 0 aliphatic heterocycles. The number of aliphatic imine (C=N–C) groups is 1. The number of nitrogens with two attached hydrogens (primary N) is 1. The van der Waals surface area contributed by atoms with Gasteiger partial charge in [-0.1, -0.05) is 0 Å². The molecule has 0 saturated carbocycles. The summed E-state index contributed by atoms with van der Waals surface area (Å²) in [4.78, 5) is 15.4. The Morgan fingerprint density at radius 1 is 1.47 bits per heavy atom. The van der Waals surface area contributed by atoms with Gasteiger partial charge < -0.3 is 20.7 Å². The Kier molecular flexibility index (Phi) is 9.99. The molecule has 0 heterocycles. The molecule has 8 nitrogen and oxygen atoms in total. The Morgan fingerprint density at radius 2 is 2.16 bits per heavy atom. The highest BCUT2D eigenvalue weighted by Gasteiger charge is 2.15. The molecule has 0 amide bonds. The minimum atomic E-state index is -1.07. The second-order valence-corrected chi connectivity index (χ2v) is 4.15. The van der Waals surface area contributed by atoms with Crippen LogP contribution >= 0.6 is 0 Å². The number of amidine groups is 1. The molecular weight excluding hydrogens is 254 g/mol. The minimum absolute atomic E-state index is 0.255. The van der Waals surface area contributed by atoms with E-state index in [1.54, 1.807) is 6.92 Å². The van der Waals surface area contributed by atoms with Crippen LogP contribution in [0.15, 0.2) is 4.99 Å². The number of hydroxylamine groups is 1. The standard InChI is InChI=1S/C11H23N3O5/c1-8(14-18)13-5-3-2-4-10(12)11(17)19-7-9(16)6-15/h9-10,15-16,18H,2-7,12H2,1H3,(H,13,14)/t9?,10-/m0/s1. The SMILES string of the molecule is CC(=NCCCC[C@H](N)C(=O)OCC(O)CO)NO. The topological polar surface area (TPSA) is 137 Å². The molecule has 2 atom stereocenters. The summed E-state index contributed by atoms with van der Waals surface area (Å²) in [5.41, 5.74) is 7.53. The van der Waals surface area contributed by atoms with Crippen molar-refractivity contribution < 1.29 is 25.0 Å². The highest BCUT2D eigenvalue weighted by atomic mass is 16.5. The molecule has 6 N–H and O–H groups in total. The number of hydrogen-bond acceptors (Lipinski definition) is 7. The molecule has 0 aliphatic rings. The van der Waals surface area contributed by atoms with E-state index in [0.29, 0.717) is 25.2 Å². The van der Waals surface area contributed by atoms with E-state index in [0.717, 1.165) is 6.42 Å². The zero-order chi connectivity index (χ0) is 14.7. The molecule has 0 saturated heterocycles. The quantitative estimate of drug-likeness (QED) is 0.117. The summed E-state index contributed by atoms with van der Waals surface area (Å²) in [6.07, 6.45) is 0.814. The molecule has 0 radical (unpaired) electrons. The summed E-state index contributed by atoms with van der Waals surface area (Å²) < 4.78 is 4.72. The summed E-state index contributed by atoms with van der Waals surface area (Å²) in [5, 5.41) is 26.0. The summed E-state index contributed by atoms with van der Waals surface area (Å²) in [6, 6.07) is -0.744.